The van der Waals surface area contributed by atoms with Crippen molar-refractivity contribution in [2.45, 2.75) is 26.1 Å². The Morgan fingerprint density at radius 1 is 1.41 bits per heavy atom. The highest BCUT2D eigenvalue weighted by molar-refractivity contribution is 6.27. The fraction of sp³-hybridized carbons (Fsp3) is 0.750. The lowest BCUT2D eigenvalue weighted by molar-refractivity contribution is -0.134. The number of rotatable bonds is 7. The molecule has 0 spiro atoms. The molecule has 4 nitrogen and oxygen atoms in total. The highest BCUT2D eigenvalue weighted by Gasteiger charge is 2.22. The molecule has 0 N–H and O–H groups in total. The van der Waals surface area contributed by atoms with Crippen LogP contribution in [0.2, 0.25) is 0 Å². The van der Waals surface area contributed by atoms with Crippen LogP contribution in [0, 0.1) is 0 Å². The Kier molecular flexibility index (Phi) is 7.24. The van der Waals surface area contributed by atoms with E-state index in [1.54, 1.807) is 4.90 Å². The summed E-state index contributed by atoms with van der Waals surface area (Å²) >= 11 is 5.58. The lowest BCUT2D eigenvalue weighted by Gasteiger charge is -2.23. The summed E-state index contributed by atoms with van der Waals surface area (Å²) in [6, 6.07) is 0. The van der Waals surface area contributed by atoms with Gasteiger partial charge in [-0.3, -0.25) is 4.79 Å². The van der Waals surface area contributed by atoms with Crippen LogP contribution >= 0.6 is 11.6 Å². The molecule has 0 atom stereocenters. The third-order valence-electron chi connectivity index (χ3n) is 2.50. The van der Waals surface area contributed by atoms with E-state index in [2.05, 4.69) is 19.1 Å². The molecular weight excluding hydrogens is 242 g/mol. The number of allylic oxidation sites excluding steroid dienone is 1. The van der Waals surface area contributed by atoms with Gasteiger partial charge in [0.25, 0.3) is 0 Å². The molecule has 0 saturated carbocycles. The third kappa shape index (κ3) is 5.52. The molecule has 1 rings (SSSR count). The molecule has 1 fully saturated rings. The Morgan fingerprint density at radius 3 is 2.71 bits per heavy atom. The van der Waals surface area contributed by atoms with E-state index in [-0.39, 0.29) is 18.1 Å². The number of ether oxygens (including phenoxy) is 2. The van der Waals surface area contributed by atoms with Gasteiger partial charge < -0.3 is 14.4 Å². The third-order valence-corrected chi connectivity index (χ3v) is 2.72. The van der Waals surface area contributed by atoms with Crippen molar-refractivity contribution in [2.75, 3.05) is 32.2 Å². The Balaban J connectivity index is 2.36. The van der Waals surface area contributed by atoms with Gasteiger partial charge in [-0.15, -0.1) is 11.6 Å². The zero-order valence-corrected chi connectivity index (χ0v) is 11.0. The second kappa shape index (κ2) is 8.50. The summed E-state index contributed by atoms with van der Waals surface area (Å²) in [5.41, 5.74) is 0. The minimum Gasteiger partial charge on any atom is -0.348 e. The molecule has 17 heavy (non-hydrogen) atoms. The molecule has 0 unspecified atom stereocenters. The predicted molar refractivity (Wildman–Crippen MR) is 67.0 cm³/mol. The number of halogens is 1. The number of hydrogen-bond acceptors (Lipinski definition) is 3. The van der Waals surface area contributed by atoms with Gasteiger partial charge in [-0.2, -0.15) is 0 Å². The van der Waals surface area contributed by atoms with E-state index >= 15 is 0 Å². The minimum absolute atomic E-state index is 0.00418. The molecule has 5 heteroatoms. The van der Waals surface area contributed by atoms with Gasteiger partial charge in [0, 0.05) is 6.54 Å². The molecule has 1 heterocycles. The fourth-order valence-electron chi connectivity index (χ4n) is 1.61. The lowest BCUT2D eigenvalue weighted by Crippen LogP contribution is -2.39. The molecule has 1 aliphatic heterocycles. The van der Waals surface area contributed by atoms with Crippen molar-refractivity contribution in [3.63, 3.8) is 0 Å². The van der Waals surface area contributed by atoms with Crippen molar-refractivity contribution in [1.82, 2.24) is 4.90 Å². The van der Waals surface area contributed by atoms with E-state index in [1.807, 2.05) is 0 Å². The van der Waals surface area contributed by atoms with Crippen LogP contribution < -0.4 is 0 Å². The topological polar surface area (TPSA) is 38.8 Å². The van der Waals surface area contributed by atoms with Crippen LogP contribution in [0.15, 0.2) is 12.2 Å². The van der Waals surface area contributed by atoms with Crippen LogP contribution in [0.4, 0.5) is 0 Å². The van der Waals surface area contributed by atoms with Gasteiger partial charge in [-0.05, 0) is 12.8 Å². The molecule has 1 saturated heterocycles. The maximum Gasteiger partial charge on any atom is 0.237 e. The van der Waals surface area contributed by atoms with Crippen LogP contribution in [0.25, 0.3) is 0 Å². The largest absolute Gasteiger partial charge is 0.348 e. The SMILES string of the molecule is CCC=CCCN(CC1OCCO1)C(=O)CCl. The highest BCUT2D eigenvalue weighted by Crippen LogP contribution is 2.07. The lowest BCUT2D eigenvalue weighted by atomic mass is 10.3. The first-order chi connectivity index (χ1) is 8.27. The van der Waals surface area contributed by atoms with Crippen LogP contribution in [0.5, 0.6) is 0 Å². The molecule has 0 aromatic carbocycles. The average molecular weight is 262 g/mol. The van der Waals surface area contributed by atoms with Gasteiger partial charge in [0.2, 0.25) is 5.91 Å². The van der Waals surface area contributed by atoms with Gasteiger partial charge in [0.05, 0.1) is 19.8 Å². The van der Waals surface area contributed by atoms with Gasteiger partial charge in [0.15, 0.2) is 6.29 Å². The zero-order valence-electron chi connectivity index (χ0n) is 10.2. The van der Waals surface area contributed by atoms with Crippen molar-refractivity contribution in [2.24, 2.45) is 0 Å². The average Bonchev–Trinajstić information content (AvgIpc) is 2.85. The van der Waals surface area contributed by atoms with Crippen molar-refractivity contribution < 1.29 is 14.3 Å². The molecule has 0 bridgehead atoms. The van der Waals surface area contributed by atoms with Crippen molar-refractivity contribution in [3.05, 3.63) is 12.2 Å². The first-order valence-corrected chi connectivity index (χ1v) is 6.53. The summed E-state index contributed by atoms with van der Waals surface area (Å²) in [6.45, 7) is 4.40. The standard InChI is InChI=1S/C12H20ClNO3/c1-2-3-4-5-6-14(11(15)9-13)10-12-16-7-8-17-12/h3-4,12H,2,5-10H2,1H3. The number of nitrogens with zero attached hydrogens (tertiary/aromatic N) is 1. The van der Waals surface area contributed by atoms with Gasteiger partial charge in [0.1, 0.15) is 5.88 Å². The Bertz CT molecular complexity index is 252. The van der Waals surface area contributed by atoms with Crippen molar-refractivity contribution >= 4 is 17.5 Å². The van der Waals surface area contributed by atoms with Gasteiger partial charge in [-0.1, -0.05) is 19.1 Å². The van der Waals surface area contributed by atoms with E-state index < -0.39 is 0 Å². The number of alkyl halides is 1. The second-order valence-corrected chi connectivity index (χ2v) is 4.08. The predicted octanol–water partition coefficient (Wildman–Crippen LogP) is 1.78. The quantitative estimate of drug-likeness (QED) is 0.518. The van der Waals surface area contributed by atoms with E-state index in [4.69, 9.17) is 21.1 Å². The second-order valence-electron chi connectivity index (χ2n) is 3.81. The normalized spacial score (nSPS) is 16.8. The van der Waals surface area contributed by atoms with Crippen molar-refractivity contribution in [1.29, 1.82) is 0 Å². The van der Waals surface area contributed by atoms with E-state index in [0.29, 0.717) is 26.3 Å². The Hall–Kier alpha value is -0.580. The number of carbonyl (C=O) groups is 1. The van der Waals surface area contributed by atoms with Crippen LogP contribution in [0.3, 0.4) is 0 Å². The number of hydrogen-bond donors (Lipinski definition) is 0. The monoisotopic (exact) mass is 261 g/mol. The molecule has 0 aliphatic carbocycles. The maximum absolute atomic E-state index is 11.6. The van der Waals surface area contributed by atoms with Gasteiger partial charge in [-0.25, -0.2) is 0 Å². The van der Waals surface area contributed by atoms with Crippen LogP contribution in [-0.4, -0.2) is 49.3 Å². The first-order valence-electron chi connectivity index (χ1n) is 5.99. The molecule has 1 aliphatic rings. The molecule has 0 radical (unpaired) electrons. The Labute approximate surface area is 108 Å². The minimum atomic E-state index is -0.294. The number of carbonyl (C=O) groups excluding carboxylic acids is 1. The summed E-state index contributed by atoms with van der Waals surface area (Å²) in [5, 5.41) is 0. The molecule has 1 amide bonds. The van der Waals surface area contributed by atoms with E-state index in [1.165, 1.54) is 0 Å². The van der Waals surface area contributed by atoms with Gasteiger partial charge >= 0.3 is 0 Å². The summed E-state index contributed by atoms with van der Waals surface area (Å²) in [4.78, 5) is 13.3. The summed E-state index contributed by atoms with van der Waals surface area (Å²) in [5.74, 6) is -0.0693. The first kappa shape index (κ1) is 14.5. The van der Waals surface area contributed by atoms with Crippen LogP contribution in [0.1, 0.15) is 19.8 Å². The van der Waals surface area contributed by atoms with E-state index in [0.717, 1.165) is 12.8 Å². The van der Waals surface area contributed by atoms with E-state index in [9.17, 15) is 4.79 Å². The van der Waals surface area contributed by atoms with Crippen molar-refractivity contribution in [3.8, 4) is 0 Å². The fourth-order valence-corrected chi connectivity index (χ4v) is 1.78. The smallest absolute Gasteiger partial charge is 0.237 e. The molecular formula is C12H20ClNO3. The molecule has 0 aromatic heterocycles. The van der Waals surface area contributed by atoms with Crippen LogP contribution in [-0.2, 0) is 14.3 Å². The highest BCUT2D eigenvalue weighted by atomic mass is 35.5. The zero-order chi connectivity index (χ0) is 12.5. The summed E-state index contributed by atoms with van der Waals surface area (Å²) in [6.07, 6.45) is 5.72. The number of amides is 1. The summed E-state index contributed by atoms with van der Waals surface area (Å²) in [7, 11) is 0. The summed E-state index contributed by atoms with van der Waals surface area (Å²) < 4.78 is 10.7. The Morgan fingerprint density at radius 2 is 2.12 bits per heavy atom. The molecule has 0 aromatic rings. The maximum atomic E-state index is 11.6. The molecule has 98 valence electrons.